The maximum absolute atomic E-state index is 11.5. The van der Waals surface area contributed by atoms with E-state index in [0.29, 0.717) is 0 Å². The molecule has 28 heavy (non-hydrogen) atoms. The first-order valence-electron chi connectivity index (χ1n) is 8.41. The Hall–Kier alpha value is -0.390. The first-order valence-corrected chi connectivity index (χ1v) is 13.0. The van der Waals surface area contributed by atoms with Gasteiger partial charge in [-0.25, -0.2) is 0 Å². The molecule has 0 aliphatic rings. The minimum atomic E-state index is -4.60. The summed E-state index contributed by atoms with van der Waals surface area (Å²) in [4.78, 5) is 0. The Balaban J connectivity index is 4.64. The van der Waals surface area contributed by atoms with Crippen molar-refractivity contribution in [3.63, 3.8) is 0 Å². The summed E-state index contributed by atoms with van der Waals surface area (Å²) >= 11 is 0. The van der Waals surface area contributed by atoms with Gasteiger partial charge in [-0.2, -0.15) is 25.3 Å². The largest absolute Gasteiger partial charge is 0.395 e. The van der Waals surface area contributed by atoms with Gasteiger partial charge in [-0.1, -0.05) is 0 Å². The van der Waals surface area contributed by atoms with Gasteiger partial charge >= 0.3 is 0 Å². The van der Waals surface area contributed by atoms with Gasteiger partial charge in [0, 0.05) is 0 Å². The maximum Gasteiger partial charge on any atom is 0.270 e. The van der Waals surface area contributed by atoms with Gasteiger partial charge in [0.25, 0.3) is 30.4 Å². The lowest BCUT2D eigenvalue weighted by molar-refractivity contribution is 0.127. The lowest BCUT2D eigenvalue weighted by atomic mass is 10.0. The summed E-state index contributed by atoms with van der Waals surface area (Å²) in [5.41, 5.74) is 0. The molecular weight excluding hydrogens is 444 g/mol. The molecule has 170 valence electrons. The summed E-state index contributed by atoms with van der Waals surface area (Å²) < 4.78 is 92.8. The van der Waals surface area contributed by atoms with E-state index < -0.39 is 78.3 Å². The first kappa shape index (κ1) is 27.6. The predicted molar refractivity (Wildman–Crippen MR) is 98.5 cm³/mol. The summed E-state index contributed by atoms with van der Waals surface area (Å²) in [6, 6.07) is 0. The molecule has 12 nitrogen and oxygen atoms in total. The summed E-state index contributed by atoms with van der Waals surface area (Å²) in [6.45, 7) is -0.945. The Morgan fingerprint density at radius 2 is 1.11 bits per heavy atom. The number of aliphatic hydroxyl groups is 3. The molecule has 0 aromatic rings. The number of aliphatic hydroxyl groups excluding tert-OH is 3. The van der Waals surface area contributed by atoms with E-state index in [1.165, 1.54) is 0 Å². The van der Waals surface area contributed by atoms with E-state index in [9.17, 15) is 40.0 Å². The van der Waals surface area contributed by atoms with Crippen molar-refractivity contribution in [2.75, 3.05) is 12.4 Å². The van der Waals surface area contributed by atoms with E-state index >= 15 is 0 Å². The zero-order valence-corrected chi connectivity index (χ0v) is 17.5. The highest BCUT2D eigenvalue weighted by Gasteiger charge is 2.29. The van der Waals surface area contributed by atoms with Crippen LogP contribution in [0.15, 0.2) is 0 Å². The van der Waals surface area contributed by atoms with Crippen LogP contribution < -0.4 is 0 Å². The Bertz CT molecular complexity index is 759. The molecule has 6 N–H and O–H groups in total. The lowest BCUT2D eigenvalue weighted by Gasteiger charge is -2.20. The molecule has 4 atom stereocenters. The third-order valence-electron chi connectivity index (χ3n) is 4.13. The molecular formula is C13H28O12S3. The van der Waals surface area contributed by atoms with E-state index in [1.807, 2.05) is 0 Å². The molecule has 0 saturated carbocycles. The van der Waals surface area contributed by atoms with E-state index in [-0.39, 0.29) is 32.1 Å². The number of hydrogen-bond donors (Lipinski definition) is 6. The minimum absolute atomic E-state index is 0.0133. The van der Waals surface area contributed by atoms with Crippen molar-refractivity contribution in [3.8, 4) is 0 Å². The molecule has 0 aliphatic heterocycles. The molecule has 0 spiro atoms. The van der Waals surface area contributed by atoms with Crippen LogP contribution in [0.1, 0.15) is 44.9 Å². The third-order valence-corrected chi connectivity index (χ3v) is 7.39. The first-order chi connectivity index (χ1) is 12.6. The van der Waals surface area contributed by atoms with Crippen LogP contribution in [-0.2, 0) is 30.4 Å². The zero-order chi connectivity index (χ0) is 22.2. The molecule has 0 heterocycles. The molecule has 0 aliphatic carbocycles. The van der Waals surface area contributed by atoms with Crippen LogP contribution >= 0.6 is 0 Å². The highest BCUT2D eigenvalue weighted by molar-refractivity contribution is 7.86. The summed E-state index contributed by atoms with van der Waals surface area (Å²) in [7, 11) is -13.3. The van der Waals surface area contributed by atoms with Crippen LogP contribution in [0.5, 0.6) is 0 Å². The topological polar surface area (TPSA) is 224 Å². The van der Waals surface area contributed by atoms with Gasteiger partial charge < -0.3 is 15.3 Å². The van der Waals surface area contributed by atoms with Crippen molar-refractivity contribution >= 4 is 30.4 Å². The van der Waals surface area contributed by atoms with Crippen LogP contribution in [0.3, 0.4) is 0 Å². The Morgan fingerprint density at radius 1 is 0.643 bits per heavy atom. The van der Waals surface area contributed by atoms with Gasteiger partial charge in [0.1, 0.15) is 5.25 Å². The fourth-order valence-corrected chi connectivity index (χ4v) is 4.69. The molecule has 4 unspecified atom stereocenters. The monoisotopic (exact) mass is 472 g/mol. The molecule has 0 radical (unpaired) electrons. The summed E-state index contributed by atoms with van der Waals surface area (Å²) in [5.74, 6) is -0.507. The van der Waals surface area contributed by atoms with Gasteiger partial charge in [-0.15, -0.1) is 0 Å². The van der Waals surface area contributed by atoms with Crippen molar-refractivity contribution in [1.82, 2.24) is 0 Å². The van der Waals surface area contributed by atoms with Gasteiger partial charge in [0.15, 0.2) is 0 Å². The predicted octanol–water partition coefficient (Wildman–Crippen LogP) is -1.17. The van der Waals surface area contributed by atoms with Crippen LogP contribution in [0, 0.1) is 0 Å². The molecule has 0 bridgehead atoms. The normalized spacial score (nSPS) is 17.8. The highest BCUT2D eigenvalue weighted by Crippen LogP contribution is 2.20. The highest BCUT2D eigenvalue weighted by atomic mass is 32.2. The van der Waals surface area contributed by atoms with Crippen molar-refractivity contribution in [3.05, 3.63) is 0 Å². The number of rotatable bonds is 15. The van der Waals surface area contributed by atoms with Gasteiger partial charge in [-0.3, -0.25) is 13.7 Å². The van der Waals surface area contributed by atoms with E-state index in [2.05, 4.69) is 0 Å². The van der Waals surface area contributed by atoms with Crippen LogP contribution in [0.4, 0.5) is 0 Å². The Morgan fingerprint density at radius 3 is 1.54 bits per heavy atom. The van der Waals surface area contributed by atoms with E-state index in [4.69, 9.17) is 14.2 Å². The van der Waals surface area contributed by atoms with Gasteiger partial charge in [-0.05, 0) is 44.9 Å². The van der Waals surface area contributed by atoms with Crippen LogP contribution in [-0.4, -0.2) is 89.3 Å². The van der Waals surface area contributed by atoms with Gasteiger partial charge in [0.2, 0.25) is 0 Å². The average molecular weight is 473 g/mol. The fraction of sp³-hybridized carbons (Fsp3) is 1.00. The van der Waals surface area contributed by atoms with Crippen LogP contribution in [0.2, 0.25) is 0 Å². The molecule has 15 heteroatoms. The summed E-state index contributed by atoms with van der Waals surface area (Å²) in [6.07, 6.45) is -3.93. The molecule has 0 rings (SSSR count). The molecule has 0 aromatic carbocycles. The SMILES string of the molecule is O=S(=O)(O)CCCCC(O)CC(CCC(O)CC(CO)S(=O)(=O)O)S(=O)(=O)O. The van der Waals surface area contributed by atoms with Gasteiger partial charge in [0.05, 0.1) is 29.8 Å². The number of unbranched alkanes of at least 4 members (excludes halogenated alkanes) is 1. The Kier molecular flexibility index (Phi) is 11.5. The second kappa shape index (κ2) is 11.7. The second-order valence-electron chi connectivity index (χ2n) is 6.59. The number of hydrogen-bond acceptors (Lipinski definition) is 9. The zero-order valence-electron chi connectivity index (χ0n) is 15.0. The minimum Gasteiger partial charge on any atom is -0.395 e. The molecule has 0 aromatic heterocycles. The summed E-state index contributed by atoms with van der Waals surface area (Å²) in [5, 5.41) is 25.5. The molecule has 0 fully saturated rings. The van der Waals surface area contributed by atoms with E-state index in [1.54, 1.807) is 0 Å². The fourth-order valence-electron chi connectivity index (χ4n) is 2.56. The Labute approximate surface area is 164 Å². The van der Waals surface area contributed by atoms with Crippen molar-refractivity contribution < 1.29 is 54.2 Å². The standard InChI is InChI=1S/C13H28O12S3/c14-9-13(28(23,24)25)8-11(16)4-5-12(27(20,21)22)7-10(15)3-1-2-6-26(17,18)19/h10-16H,1-9H2,(H,17,18,19)(H,20,21,22)(H,23,24,25). The lowest BCUT2D eigenvalue weighted by Crippen LogP contribution is -2.31. The average Bonchev–Trinajstić information content (AvgIpc) is 2.50. The quantitative estimate of drug-likeness (QED) is 0.122. The van der Waals surface area contributed by atoms with Crippen molar-refractivity contribution in [1.29, 1.82) is 0 Å². The van der Waals surface area contributed by atoms with E-state index in [0.717, 1.165) is 0 Å². The molecule has 0 amide bonds. The second-order valence-corrected chi connectivity index (χ2v) is 11.6. The maximum atomic E-state index is 11.5. The van der Waals surface area contributed by atoms with Crippen LogP contribution in [0.25, 0.3) is 0 Å². The third kappa shape index (κ3) is 12.9. The van der Waals surface area contributed by atoms with Crippen molar-refractivity contribution in [2.45, 2.75) is 67.7 Å². The molecule has 0 saturated heterocycles. The van der Waals surface area contributed by atoms with Crippen molar-refractivity contribution in [2.24, 2.45) is 0 Å². The smallest absolute Gasteiger partial charge is 0.270 e.